The maximum Gasteiger partial charge on any atom is 0.302 e. The van der Waals surface area contributed by atoms with E-state index in [1.165, 1.54) is 6.92 Å². The Hall–Kier alpha value is -1.75. The van der Waals surface area contributed by atoms with Crippen molar-refractivity contribution in [1.82, 2.24) is 5.16 Å². The lowest BCUT2D eigenvalue weighted by Gasteiger charge is -2.02. The average Bonchev–Trinajstić information content (AvgIpc) is 2.67. The topological polar surface area (TPSA) is 61.6 Å². The Balaban J connectivity index is 2.03. The van der Waals surface area contributed by atoms with Gasteiger partial charge in [0.25, 0.3) is 5.88 Å². The first-order valence-electron chi connectivity index (χ1n) is 4.98. The van der Waals surface area contributed by atoms with Crippen molar-refractivity contribution in [2.75, 3.05) is 13.2 Å². The third kappa shape index (κ3) is 2.88. The summed E-state index contributed by atoms with van der Waals surface area (Å²) in [7, 11) is 0. The quantitative estimate of drug-likeness (QED) is 0.620. The molecule has 0 saturated carbocycles. The molecule has 0 spiro atoms. The molecule has 90 valence electrons. The van der Waals surface area contributed by atoms with Gasteiger partial charge in [-0.25, -0.2) is 0 Å². The van der Waals surface area contributed by atoms with E-state index < -0.39 is 0 Å². The summed E-state index contributed by atoms with van der Waals surface area (Å²) < 4.78 is 15.1. The van der Waals surface area contributed by atoms with E-state index in [2.05, 4.69) is 5.16 Å². The number of carbonyl (C=O) groups is 1. The van der Waals surface area contributed by atoms with Crippen LogP contribution in [0.3, 0.4) is 0 Å². The van der Waals surface area contributed by atoms with Crippen molar-refractivity contribution in [3.63, 3.8) is 0 Å². The molecule has 6 heteroatoms. The van der Waals surface area contributed by atoms with E-state index in [0.29, 0.717) is 21.9 Å². The van der Waals surface area contributed by atoms with Crippen molar-refractivity contribution >= 4 is 28.5 Å². The second-order valence-corrected chi connectivity index (χ2v) is 3.75. The number of hydrogen-bond donors (Lipinski definition) is 0. The van der Waals surface area contributed by atoms with Crippen LogP contribution < -0.4 is 4.74 Å². The standard InChI is InChI=1S/C11H10ClNO4/c1-7(14)15-4-5-16-11-9-6-8(12)2-3-10(9)17-13-11/h2-3,6H,4-5H2,1H3. The summed E-state index contributed by atoms with van der Waals surface area (Å²) in [6.07, 6.45) is 0. The van der Waals surface area contributed by atoms with E-state index >= 15 is 0 Å². The van der Waals surface area contributed by atoms with Gasteiger partial charge in [0, 0.05) is 11.9 Å². The molecule has 5 nitrogen and oxygen atoms in total. The molecule has 0 saturated heterocycles. The molecule has 2 aromatic rings. The molecule has 1 heterocycles. The van der Waals surface area contributed by atoms with Crippen LogP contribution >= 0.6 is 11.6 Å². The molecule has 0 N–H and O–H groups in total. The van der Waals surface area contributed by atoms with Gasteiger partial charge in [-0.05, 0) is 23.4 Å². The summed E-state index contributed by atoms with van der Waals surface area (Å²) in [6.45, 7) is 1.73. The molecule has 0 bridgehead atoms. The Labute approximate surface area is 102 Å². The highest BCUT2D eigenvalue weighted by molar-refractivity contribution is 6.31. The van der Waals surface area contributed by atoms with Crippen molar-refractivity contribution in [3.05, 3.63) is 23.2 Å². The number of benzene rings is 1. The molecule has 1 aromatic carbocycles. The van der Waals surface area contributed by atoms with E-state index in [9.17, 15) is 4.79 Å². The molecule has 1 aromatic heterocycles. The molecule has 0 unspecified atom stereocenters. The Morgan fingerprint density at radius 3 is 3.06 bits per heavy atom. The number of nitrogens with zero attached hydrogens (tertiary/aromatic N) is 1. The third-order valence-corrected chi connectivity index (χ3v) is 2.26. The number of carbonyl (C=O) groups excluding carboxylic acids is 1. The zero-order valence-corrected chi connectivity index (χ0v) is 9.86. The first-order chi connectivity index (χ1) is 8.16. The number of fused-ring (bicyclic) bond motifs is 1. The van der Waals surface area contributed by atoms with Crippen LogP contribution in [0.5, 0.6) is 5.88 Å². The van der Waals surface area contributed by atoms with Crippen LogP contribution in [0.2, 0.25) is 5.02 Å². The smallest absolute Gasteiger partial charge is 0.302 e. The lowest BCUT2D eigenvalue weighted by atomic mass is 10.2. The highest BCUT2D eigenvalue weighted by Gasteiger charge is 2.09. The average molecular weight is 256 g/mol. The summed E-state index contributed by atoms with van der Waals surface area (Å²) in [5.74, 6) is -0.00342. The molecule has 0 radical (unpaired) electrons. The van der Waals surface area contributed by atoms with E-state index in [1.807, 2.05) is 0 Å². The fourth-order valence-corrected chi connectivity index (χ4v) is 1.49. The van der Waals surface area contributed by atoms with Gasteiger partial charge in [-0.1, -0.05) is 11.6 Å². The second-order valence-electron chi connectivity index (χ2n) is 3.32. The van der Waals surface area contributed by atoms with Gasteiger partial charge in [-0.3, -0.25) is 4.79 Å². The fraction of sp³-hybridized carbons (Fsp3) is 0.273. The minimum atomic E-state index is -0.346. The molecule has 0 aliphatic heterocycles. The minimum Gasteiger partial charge on any atom is -0.471 e. The molecule has 17 heavy (non-hydrogen) atoms. The van der Waals surface area contributed by atoms with Crippen molar-refractivity contribution in [2.24, 2.45) is 0 Å². The number of esters is 1. The van der Waals surface area contributed by atoms with Gasteiger partial charge in [-0.15, -0.1) is 0 Å². The Bertz CT molecular complexity index is 537. The Morgan fingerprint density at radius 2 is 2.29 bits per heavy atom. The minimum absolute atomic E-state index is 0.171. The second kappa shape index (κ2) is 5.05. The summed E-state index contributed by atoms with van der Waals surface area (Å²) in [5.41, 5.74) is 0.594. The third-order valence-electron chi connectivity index (χ3n) is 2.03. The predicted molar refractivity (Wildman–Crippen MR) is 61.1 cm³/mol. The van der Waals surface area contributed by atoms with Gasteiger partial charge in [0.1, 0.15) is 13.2 Å². The molecule has 0 amide bonds. The number of hydrogen-bond acceptors (Lipinski definition) is 5. The number of ether oxygens (including phenoxy) is 2. The van der Waals surface area contributed by atoms with Gasteiger partial charge < -0.3 is 14.0 Å². The normalized spacial score (nSPS) is 10.5. The van der Waals surface area contributed by atoms with Crippen LogP contribution in [0.4, 0.5) is 0 Å². The van der Waals surface area contributed by atoms with Gasteiger partial charge in [0.15, 0.2) is 5.58 Å². The largest absolute Gasteiger partial charge is 0.471 e. The SMILES string of the molecule is CC(=O)OCCOc1noc2ccc(Cl)cc12. The summed E-state index contributed by atoms with van der Waals surface area (Å²) in [5, 5.41) is 5.03. The van der Waals surface area contributed by atoms with Crippen LogP contribution in [0.25, 0.3) is 11.0 Å². The lowest BCUT2D eigenvalue weighted by Crippen LogP contribution is -2.09. The van der Waals surface area contributed by atoms with Crippen LogP contribution in [0, 0.1) is 0 Å². The predicted octanol–water partition coefficient (Wildman–Crippen LogP) is 2.42. The van der Waals surface area contributed by atoms with Crippen molar-refractivity contribution in [3.8, 4) is 5.88 Å². The number of aromatic nitrogens is 1. The van der Waals surface area contributed by atoms with Crippen molar-refractivity contribution in [2.45, 2.75) is 6.92 Å². The summed E-state index contributed by atoms with van der Waals surface area (Å²) in [6, 6.07) is 5.12. The van der Waals surface area contributed by atoms with Crippen molar-refractivity contribution in [1.29, 1.82) is 0 Å². The highest BCUT2D eigenvalue weighted by Crippen LogP contribution is 2.27. The fourth-order valence-electron chi connectivity index (χ4n) is 1.32. The van der Waals surface area contributed by atoms with E-state index in [1.54, 1.807) is 18.2 Å². The van der Waals surface area contributed by atoms with E-state index in [0.717, 1.165) is 0 Å². The molecule has 0 aliphatic rings. The molecular formula is C11H10ClNO4. The van der Waals surface area contributed by atoms with Gasteiger partial charge in [0.2, 0.25) is 0 Å². The van der Waals surface area contributed by atoms with Crippen LogP contribution in [-0.2, 0) is 9.53 Å². The van der Waals surface area contributed by atoms with E-state index in [-0.39, 0.29) is 19.2 Å². The Kier molecular flexibility index (Phi) is 3.49. The number of halogens is 1. The van der Waals surface area contributed by atoms with Gasteiger partial charge >= 0.3 is 5.97 Å². The number of rotatable bonds is 4. The van der Waals surface area contributed by atoms with Crippen LogP contribution in [-0.4, -0.2) is 24.3 Å². The maximum absolute atomic E-state index is 10.5. The van der Waals surface area contributed by atoms with Crippen LogP contribution in [0.1, 0.15) is 6.92 Å². The molecule has 0 atom stereocenters. The highest BCUT2D eigenvalue weighted by atomic mass is 35.5. The molecule has 0 fully saturated rings. The zero-order valence-electron chi connectivity index (χ0n) is 9.10. The first-order valence-corrected chi connectivity index (χ1v) is 5.36. The lowest BCUT2D eigenvalue weighted by molar-refractivity contribution is -0.141. The summed E-state index contributed by atoms with van der Waals surface area (Å²) >= 11 is 5.86. The molecular weight excluding hydrogens is 246 g/mol. The van der Waals surface area contributed by atoms with Crippen LogP contribution in [0.15, 0.2) is 22.7 Å². The van der Waals surface area contributed by atoms with Gasteiger partial charge in [-0.2, -0.15) is 0 Å². The zero-order chi connectivity index (χ0) is 12.3. The van der Waals surface area contributed by atoms with Crippen molar-refractivity contribution < 1.29 is 18.8 Å². The first kappa shape index (κ1) is 11.7. The molecule has 2 rings (SSSR count). The summed E-state index contributed by atoms with van der Waals surface area (Å²) in [4.78, 5) is 10.5. The van der Waals surface area contributed by atoms with Gasteiger partial charge in [0.05, 0.1) is 5.39 Å². The maximum atomic E-state index is 10.5. The van der Waals surface area contributed by atoms with E-state index in [4.69, 9.17) is 25.6 Å². The molecule has 0 aliphatic carbocycles. The monoisotopic (exact) mass is 255 g/mol. The Morgan fingerprint density at radius 1 is 1.47 bits per heavy atom.